The highest BCUT2D eigenvalue weighted by Crippen LogP contribution is 2.45. The molecule has 0 unspecified atom stereocenters. The van der Waals surface area contributed by atoms with Gasteiger partial charge in [0.15, 0.2) is 4.34 Å². The van der Waals surface area contributed by atoms with E-state index >= 15 is 0 Å². The van der Waals surface area contributed by atoms with E-state index in [1.165, 1.54) is 39.3 Å². The zero-order valence-corrected chi connectivity index (χ0v) is 18.9. The van der Waals surface area contributed by atoms with Gasteiger partial charge in [0.25, 0.3) is 5.91 Å². The van der Waals surface area contributed by atoms with E-state index in [1.54, 1.807) is 5.38 Å². The summed E-state index contributed by atoms with van der Waals surface area (Å²) >= 11 is 5.20. The van der Waals surface area contributed by atoms with E-state index < -0.39 is 29.3 Å². The molecule has 2 aromatic rings. The van der Waals surface area contributed by atoms with Gasteiger partial charge < -0.3 is 15.5 Å². The number of hydrogen-bond donors (Lipinski definition) is 3. The number of aromatic nitrogens is 1. The Morgan fingerprint density at radius 3 is 2.74 bits per heavy atom. The van der Waals surface area contributed by atoms with E-state index in [-0.39, 0.29) is 24.4 Å². The van der Waals surface area contributed by atoms with E-state index in [2.05, 4.69) is 10.3 Å². The molecule has 0 spiro atoms. The molecule has 0 bridgehead atoms. The van der Waals surface area contributed by atoms with Crippen molar-refractivity contribution in [3.8, 4) is 0 Å². The van der Waals surface area contributed by atoms with E-state index in [4.69, 9.17) is 5.11 Å². The minimum Gasteiger partial charge on any atom is -0.481 e. The van der Waals surface area contributed by atoms with Crippen LogP contribution < -0.4 is 5.32 Å². The van der Waals surface area contributed by atoms with E-state index in [1.807, 2.05) is 16.8 Å². The largest absolute Gasteiger partial charge is 0.481 e. The van der Waals surface area contributed by atoms with Crippen molar-refractivity contribution in [2.75, 3.05) is 5.75 Å². The number of aliphatic carboxylic acids is 2. The number of carboxylic acids is 2. The van der Waals surface area contributed by atoms with Crippen LogP contribution in [0.15, 0.2) is 37.1 Å². The fourth-order valence-electron chi connectivity index (χ4n) is 3.15. The van der Waals surface area contributed by atoms with Gasteiger partial charge in [-0.2, -0.15) is 11.3 Å². The van der Waals surface area contributed by atoms with Gasteiger partial charge in [0, 0.05) is 16.0 Å². The lowest BCUT2D eigenvalue weighted by Crippen LogP contribution is -2.70. The van der Waals surface area contributed by atoms with Crippen LogP contribution in [0.1, 0.15) is 11.3 Å². The number of amides is 2. The van der Waals surface area contributed by atoms with Gasteiger partial charge in [0.1, 0.15) is 17.1 Å². The summed E-state index contributed by atoms with van der Waals surface area (Å²) in [4.78, 5) is 53.6. The summed E-state index contributed by atoms with van der Waals surface area (Å²) in [6.07, 6.45) is -0.0494. The fraction of sp³-hybridized carbons (Fsp3) is 0.278. The number of nitrogens with one attached hydrogen (secondary N) is 1. The quantitative estimate of drug-likeness (QED) is 0.467. The Balaban J connectivity index is 1.47. The highest BCUT2D eigenvalue weighted by molar-refractivity contribution is 8.07. The first-order valence-corrected chi connectivity index (χ1v) is 12.6. The molecular formula is C18H15N3O6S4. The van der Waals surface area contributed by atoms with Gasteiger partial charge in [-0.3, -0.25) is 19.3 Å². The lowest BCUT2D eigenvalue weighted by atomic mass is 10.0. The molecular weight excluding hydrogens is 482 g/mol. The summed E-state index contributed by atoms with van der Waals surface area (Å²) < 4.78 is 0.512. The smallest absolute Gasteiger partial charge is 0.353 e. The molecule has 0 saturated carbocycles. The molecule has 0 aliphatic carbocycles. The predicted molar refractivity (Wildman–Crippen MR) is 117 cm³/mol. The first-order valence-electron chi connectivity index (χ1n) is 8.89. The molecule has 162 valence electrons. The summed E-state index contributed by atoms with van der Waals surface area (Å²) in [5.74, 6) is -2.64. The molecule has 13 heteroatoms. The molecule has 0 aromatic carbocycles. The van der Waals surface area contributed by atoms with Crippen molar-refractivity contribution in [2.24, 2.45) is 0 Å². The molecule has 4 rings (SSSR count). The van der Waals surface area contributed by atoms with Crippen LogP contribution in [0, 0.1) is 0 Å². The summed E-state index contributed by atoms with van der Waals surface area (Å²) in [6.45, 7) is 0. The number of carboxylic acid groups (broad SMARTS) is 2. The summed E-state index contributed by atoms with van der Waals surface area (Å²) in [5, 5.41) is 26.2. The second-order valence-corrected chi connectivity index (χ2v) is 10.7. The van der Waals surface area contributed by atoms with Gasteiger partial charge >= 0.3 is 11.9 Å². The zero-order valence-electron chi connectivity index (χ0n) is 15.6. The Kier molecular flexibility index (Phi) is 6.36. The van der Waals surface area contributed by atoms with Crippen molar-refractivity contribution >= 4 is 70.0 Å². The lowest BCUT2D eigenvalue weighted by molar-refractivity contribution is -0.150. The van der Waals surface area contributed by atoms with Crippen LogP contribution in [0.25, 0.3) is 0 Å². The van der Waals surface area contributed by atoms with Crippen molar-refractivity contribution in [3.63, 3.8) is 0 Å². The number of rotatable bonds is 8. The van der Waals surface area contributed by atoms with Crippen LogP contribution in [0.2, 0.25) is 0 Å². The maximum Gasteiger partial charge on any atom is 0.353 e. The average Bonchev–Trinajstić information content (AvgIpc) is 3.37. The van der Waals surface area contributed by atoms with Gasteiger partial charge in [-0.05, 0) is 22.4 Å². The summed E-state index contributed by atoms with van der Waals surface area (Å²) in [5.41, 5.74) is 1.14. The van der Waals surface area contributed by atoms with Crippen LogP contribution in [0.3, 0.4) is 0 Å². The van der Waals surface area contributed by atoms with Crippen LogP contribution in [0.4, 0.5) is 0 Å². The number of nitrogens with zero attached hydrogens (tertiary/aromatic N) is 2. The molecule has 2 aliphatic rings. The molecule has 0 radical (unpaired) electrons. The number of carbonyl (C=O) groups is 4. The number of hydrogen-bond acceptors (Lipinski definition) is 9. The molecule has 4 heterocycles. The molecule has 1 saturated heterocycles. The fourth-order valence-corrected chi connectivity index (χ4v) is 7.29. The van der Waals surface area contributed by atoms with E-state index in [0.717, 1.165) is 17.3 Å². The maximum absolute atomic E-state index is 12.7. The third kappa shape index (κ3) is 4.63. The Morgan fingerprint density at radius 2 is 2.06 bits per heavy atom. The number of carbonyl (C=O) groups excluding carboxylic acids is 2. The number of thiophene rings is 1. The van der Waals surface area contributed by atoms with Crippen LogP contribution in [-0.2, 0) is 32.0 Å². The second kappa shape index (κ2) is 9.02. The van der Waals surface area contributed by atoms with Gasteiger partial charge in [-0.25, -0.2) is 9.78 Å². The average molecular weight is 498 g/mol. The van der Waals surface area contributed by atoms with Crippen molar-refractivity contribution in [1.82, 2.24) is 15.2 Å². The third-order valence-electron chi connectivity index (χ3n) is 4.47. The molecule has 2 amide bonds. The Morgan fingerprint density at radius 1 is 1.26 bits per heavy atom. The lowest BCUT2D eigenvalue weighted by Gasteiger charge is -2.49. The zero-order chi connectivity index (χ0) is 22.1. The van der Waals surface area contributed by atoms with E-state index in [0.29, 0.717) is 20.7 Å². The van der Waals surface area contributed by atoms with Gasteiger partial charge in [0.05, 0.1) is 18.5 Å². The highest BCUT2D eigenvalue weighted by Gasteiger charge is 2.54. The normalized spacial score (nSPS) is 20.3. The number of thioether (sulfide) groups is 2. The molecule has 2 atom stereocenters. The standard InChI is InChI=1S/C18H15N3O6S4/c22-11(3-8-1-2-28-5-8)20-13-15(25)21-14(17(26)27)10(7-29-16(13)21)31-18-19-9(6-30-18)4-12(23)24/h1-2,5-6,13,16H,3-4,7H2,(H,20,22)(H,23,24)(H,26,27)/t13-,16+/m1/s1. The van der Waals surface area contributed by atoms with Crippen LogP contribution in [-0.4, -0.2) is 61.0 Å². The van der Waals surface area contributed by atoms with Crippen molar-refractivity contribution in [1.29, 1.82) is 0 Å². The minimum absolute atomic E-state index is 0.114. The Bertz CT molecular complexity index is 1080. The van der Waals surface area contributed by atoms with Crippen LogP contribution >= 0.6 is 46.2 Å². The Hall–Kier alpha value is -2.35. The Labute approximate surface area is 192 Å². The topological polar surface area (TPSA) is 137 Å². The number of β-lactam (4-membered cyclic amide) rings is 1. The molecule has 31 heavy (non-hydrogen) atoms. The summed E-state index contributed by atoms with van der Waals surface area (Å²) in [7, 11) is 0. The highest BCUT2D eigenvalue weighted by atomic mass is 32.2. The predicted octanol–water partition coefficient (Wildman–Crippen LogP) is 1.86. The minimum atomic E-state index is -1.23. The SMILES string of the molecule is O=C(O)Cc1csc(SC2=C(C(=O)O)N3C(=O)[C@@H](NC(=O)Cc4ccsc4)[C@@H]3SC2)n1. The molecule has 2 aromatic heterocycles. The van der Waals surface area contributed by atoms with Gasteiger partial charge in [-0.1, -0.05) is 11.8 Å². The van der Waals surface area contributed by atoms with Crippen molar-refractivity contribution in [2.45, 2.75) is 28.6 Å². The molecule has 3 N–H and O–H groups in total. The van der Waals surface area contributed by atoms with Crippen LogP contribution in [0.5, 0.6) is 0 Å². The first kappa shape index (κ1) is 21.9. The molecule has 9 nitrogen and oxygen atoms in total. The van der Waals surface area contributed by atoms with Crippen molar-refractivity contribution in [3.05, 3.63) is 44.1 Å². The summed E-state index contributed by atoms with van der Waals surface area (Å²) in [6, 6.07) is 1.07. The van der Waals surface area contributed by atoms with Crippen molar-refractivity contribution < 1.29 is 29.4 Å². The number of thiazole rings is 1. The molecule has 1 fully saturated rings. The molecule has 2 aliphatic heterocycles. The van der Waals surface area contributed by atoms with Gasteiger partial charge in [-0.15, -0.1) is 23.1 Å². The maximum atomic E-state index is 12.7. The first-order chi connectivity index (χ1) is 14.8. The van der Waals surface area contributed by atoms with Gasteiger partial charge in [0.2, 0.25) is 5.91 Å². The number of fused-ring (bicyclic) bond motifs is 1. The van der Waals surface area contributed by atoms with E-state index in [9.17, 15) is 24.3 Å². The third-order valence-corrected chi connectivity index (χ3v) is 8.74. The second-order valence-electron chi connectivity index (χ2n) is 6.62. The monoisotopic (exact) mass is 497 g/mol.